The van der Waals surface area contributed by atoms with Crippen LogP contribution in [0.25, 0.3) is 10.9 Å². The van der Waals surface area contributed by atoms with Crippen LogP contribution in [0.3, 0.4) is 0 Å². The SMILES string of the molecule is Cc1cc(N2CCC(O)(CN(C)C(=O)c3ccc(OCCCN)cc3)CC2)c2cnccc2n1. The van der Waals surface area contributed by atoms with Gasteiger partial charge in [0.05, 0.1) is 17.7 Å². The molecule has 1 fully saturated rings. The van der Waals surface area contributed by atoms with Gasteiger partial charge in [0.2, 0.25) is 0 Å². The van der Waals surface area contributed by atoms with Gasteiger partial charge in [-0.15, -0.1) is 0 Å². The molecule has 1 aliphatic heterocycles. The van der Waals surface area contributed by atoms with Gasteiger partial charge >= 0.3 is 0 Å². The summed E-state index contributed by atoms with van der Waals surface area (Å²) in [6, 6.07) is 11.1. The Morgan fingerprint density at radius 2 is 1.97 bits per heavy atom. The number of likely N-dealkylation sites (N-methyl/N-ethyl adjacent to an activating group) is 1. The topological polar surface area (TPSA) is 105 Å². The number of aryl methyl sites for hydroxylation is 1. The molecule has 1 aliphatic rings. The summed E-state index contributed by atoms with van der Waals surface area (Å²) in [5.41, 5.74) is 8.10. The third-order valence-electron chi connectivity index (χ3n) is 6.35. The van der Waals surface area contributed by atoms with Crippen molar-refractivity contribution in [1.29, 1.82) is 0 Å². The number of piperidine rings is 1. The number of anilines is 1. The van der Waals surface area contributed by atoms with Crippen LogP contribution in [0, 0.1) is 6.92 Å². The second-order valence-electron chi connectivity index (χ2n) is 9.06. The minimum Gasteiger partial charge on any atom is -0.494 e. The molecule has 4 rings (SSSR count). The fraction of sp³-hybridized carbons (Fsp3) is 0.423. The molecule has 8 nitrogen and oxygen atoms in total. The standard InChI is InChI=1S/C26H33N5O3/c1-19-16-24(22-17-28-12-8-23(22)29-19)31-13-9-26(33,10-14-31)18-30(2)25(32)20-4-6-21(7-5-20)34-15-3-11-27/h4-8,12,16-17,33H,3,9-11,13-15,18,27H2,1-2H3. The summed E-state index contributed by atoms with van der Waals surface area (Å²) in [7, 11) is 1.74. The first-order valence-corrected chi connectivity index (χ1v) is 11.8. The van der Waals surface area contributed by atoms with Crippen molar-refractivity contribution >= 4 is 22.5 Å². The van der Waals surface area contributed by atoms with Gasteiger partial charge in [0.1, 0.15) is 5.75 Å². The first kappa shape index (κ1) is 23.9. The molecule has 1 saturated heterocycles. The molecule has 0 unspecified atom stereocenters. The molecule has 0 saturated carbocycles. The molecule has 3 N–H and O–H groups in total. The van der Waals surface area contributed by atoms with Crippen molar-refractivity contribution in [2.45, 2.75) is 31.8 Å². The van der Waals surface area contributed by atoms with E-state index < -0.39 is 5.60 Å². The Morgan fingerprint density at radius 3 is 2.68 bits per heavy atom. The van der Waals surface area contributed by atoms with Crippen molar-refractivity contribution in [3.8, 4) is 5.75 Å². The Balaban J connectivity index is 1.37. The second-order valence-corrected chi connectivity index (χ2v) is 9.06. The van der Waals surface area contributed by atoms with E-state index in [1.807, 2.05) is 19.2 Å². The summed E-state index contributed by atoms with van der Waals surface area (Å²) in [6.07, 6.45) is 5.53. The summed E-state index contributed by atoms with van der Waals surface area (Å²) >= 11 is 0. The molecule has 0 aliphatic carbocycles. The van der Waals surface area contributed by atoms with E-state index in [1.165, 1.54) is 0 Å². The summed E-state index contributed by atoms with van der Waals surface area (Å²) in [4.78, 5) is 25.7. The first-order valence-electron chi connectivity index (χ1n) is 11.8. The van der Waals surface area contributed by atoms with Crippen LogP contribution in [-0.2, 0) is 0 Å². The molecule has 3 heterocycles. The summed E-state index contributed by atoms with van der Waals surface area (Å²) in [5.74, 6) is 0.596. The van der Waals surface area contributed by atoms with Gasteiger partial charge in [-0.1, -0.05) is 0 Å². The van der Waals surface area contributed by atoms with Gasteiger partial charge in [-0.2, -0.15) is 0 Å². The number of benzene rings is 1. The van der Waals surface area contributed by atoms with E-state index in [4.69, 9.17) is 10.5 Å². The maximum absolute atomic E-state index is 12.9. The number of nitrogens with zero attached hydrogens (tertiary/aromatic N) is 4. The maximum Gasteiger partial charge on any atom is 0.253 e. The zero-order valence-electron chi connectivity index (χ0n) is 19.9. The number of aliphatic hydroxyl groups is 1. The van der Waals surface area contributed by atoms with Crippen molar-refractivity contribution in [2.24, 2.45) is 5.73 Å². The number of pyridine rings is 2. The number of aromatic nitrogens is 2. The molecule has 8 heteroatoms. The predicted molar refractivity (Wildman–Crippen MR) is 133 cm³/mol. The zero-order chi connectivity index (χ0) is 24.1. The zero-order valence-corrected chi connectivity index (χ0v) is 19.9. The molecular weight excluding hydrogens is 430 g/mol. The highest BCUT2D eigenvalue weighted by molar-refractivity contribution is 5.94. The lowest BCUT2D eigenvalue weighted by molar-refractivity contribution is -0.00799. The summed E-state index contributed by atoms with van der Waals surface area (Å²) in [6.45, 7) is 4.80. The van der Waals surface area contributed by atoms with Crippen LogP contribution >= 0.6 is 0 Å². The molecule has 0 radical (unpaired) electrons. The van der Waals surface area contributed by atoms with Crippen molar-refractivity contribution in [2.75, 3.05) is 44.7 Å². The van der Waals surface area contributed by atoms with E-state index in [0.717, 1.165) is 28.7 Å². The summed E-state index contributed by atoms with van der Waals surface area (Å²) < 4.78 is 5.60. The monoisotopic (exact) mass is 463 g/mol. The number of carbonyl (C=O) groups is 1. The van der Waals surface area contributed by atoms with Crippen molar-refractivity contribution in [3.63, 3.8) is 0 Å². The van der Waals surface area contributed by atoms with Crippen LogP contribution in [0.1, 0.15) is 35.3 Å². The van der Waals surface area contributed by atoms with Gasteiger partial charge in [0.25, 0.3) is 5.91 Å². The van der Waals surface area contributed by atoms with Gasteiger partial charge in [0, 0.05) is 61.4 Å². The Labute approximate surface area is 200 Å². The average molecular weight is 464 g/mol. The third-order valence-corrected chi connectivity index (χ3v) is 6.35. The Bertz CT molecular complexity index is 1130. The molecular formula is C26H33N5O3. The fourth-order valence-electron chi connectivity index (χ4n) is 4.46. The molecule has 1 amide bonds. The van der Waals surface area contributed by atoms with Gasteiger partial charge in [0.15, 0.2) is 0 Å². The highest BCUT2D eigenvalue weighted by atomic mass is 16.5. The molecule has 34 heavy (non-hydrogen) atoms. The normalized spacial score (nSPS) is 15.4. The number of carbonyl (C=O) groups excluding carboxylic acids is 1. The van der Waals surface area contributed by atoms with Crippen LogP contribution in [0.5, 0.6) is 5.75 Å². The molecule has 3 aromatic rings. The smallest absolute Gasteiger partial charge is 0.253 e. The van der Waals surface area contributed by atoms with E-state index in [0.29, 0.717) is 50.4 Å². The number of rotatable bonds is 8. The van der Waals surface area contributed by atoms with Gasteiger partial charge in [-0.05, 0) is 69.1 Å². The molecule has 1 aromatic carbocycles. The number of ether oxygens (including phenoxy) is 1. The summed E-state index contributed by atoms with van der Waals surface area (Å²) in [5, 5.41) is 12.3. The molecule has 180 valence electrons. The first-order chi connectivity index (χ1) is 16.4. The van der Waals surface area contributed by atoms with Gasteiger partial charge in [-0.25, -0.2) is 0 Å². The lowest BCUT2D eigenvalue weighted by Crippen LogP contribution is -2.51. The van der Waals surface area contributed by atoms with Gasteiger partial charge < -0.3 is 25.4 Å². The molecule has 0 atom stereocenters. The fourth-order valence-corrected chi connectivity index (χ4v) is 4.46. The van der Waals surface area contributed by atoms with E-state index in [9.17, 15) is 9.90 Å². The number of hydrogen-bond acceptors (Lipinski definition) is 7. The van der Waals surface area contributed by atoms with Crippen LogP contribution in [0.4, 0.5) is 5.69 Å². The molecule has 0 bridgehead atoms. The maximum atomic E-state index is 12.9. The van der Waals surface area contributed by atoms with E-state index in [1.54, 1.807) is 42.4 Å². The van der Waals surface area contributed by atoms with E-state index in [-0.39, 0.29) is 12.5 Å². The van der Waals surface area contributed by atoms with Crippen molar-refractivity contribution < 1.29 is 14.6 Å². The van der Waals surface area contributed by atoms with Crippen LogP contribution in [0.15, 0.2) is 48.8 Å². The number of hydrogen-bond donors (Lipinski definition) is 2. The van der Waals surface area contributed by atoms with E-state index in [2.05, 4.69) is 20.9 Å². The number of amides is 1. The minimum atomic E-state index is -0.928. The second kappa shape index (κ2) is 10.4. The van der Waals surface area contributed by atoms with Gasteiger partial charge in [-0.3, -0.25) is 14.8 Å². The number of nitrogens with two attached hydrogens (primary N) is 1. The van der Waals surface area contributed by atoms with E-state index >= 15 is 0 Å². The predicted octanol–water partition coefficient (Wildman–Crippen LogP) is 2.77. The Hall–Kier alpha value is -3.23. The lowest BCUT2D eigenvalue weighted by Gasteiger charge is -2.41. The van der Waals surface area contributed by atoms with Crippen LogP contribution < -0.4 is 15.4 Å². The third kappa shape index (κ3) is 5.46. The van der Waals surface area contributed by atoms with Crippen LogP contribution in [-0.4, -0.2) is 71.3 Å². The molecule has 2 aromatic heterocycles. The highest BCUT2D eigenvalue weighted by Gasteiger charge is 2.35. The van der Waals surface area contributed by atoms with Crippen LogP contribution in [0.2, 0.25) is 0 Å². The highest BCUT2D eigenvalue weighted by Crippen LogP contribution is 2.32. The van der Waals surface area contributed by atoms with Crippen molar-refractivity contribution in [3.05, 3.63) is 60.0 Å². The Kier molecular flexibility index (Phi) is 7.29. The Morgan fingerprint density at radius 1 is 1.24 bits per heavy atom. The van der Waals surface area contributed by atoms with Crippen molar-refractivity contribution in [1.82, 2.24) is 14.9 Å². The largest absolute Gasteiger partial charge is 0.494 e. The lowest BCUT2D eigenvalue weighted by atomic mass is 9.90. The quantitative estimate of drug-likeness (QED) is 0.495. The molecule has 0 spiro atoms. The number of fused-ring (bicyclic) bond motifs is 1. The minimum absolute atomic E-state index is 0.119. The average Bonchev–Trinajstić information content (AvgIpc) is 2.84.